The van der Waals surface area contributed by atoms with Crippen LogP contribution >= 0.6 is 23.1 Å². The highest BCUT2D eigenvalue weighted by molar-refractivity contribution is 7.99. The van der Waals surface area contributed by atoms with E-state index < -0.39 is 5.97 Å². The molecule has 1 N–H and O–H groups in total. The van der Waals surface area contributed by atoms with E-state index in [0.29, 0.717) is 11.2 Å². The molecule has 1 fully saturated rings. The van der Waals surface area contributed by atoms with Crippen molar-refractivity contribution in [3.63, 3.8) is 0 Å². The molecule has 1 aliphatic rings. The van der Waals surface area contributed by atoms with Crippen LogP contribution in [-0.4, -0.2) is 31.6 Å². The molecule has 106 valence electrons. The van der Waals surface area contributed by atoms with Gasteiger partial charge in [0.25, 0.3) is 0 Å². The third kappa shape index (κ3) is 2.60. The normalized spacial score (nSPS) is 21.6. The zero-order valence-electron chi connectivity index (χ0n) is 11.0. The van der Waals surface area contributed by atoms with Crippen LogP contribution in [0.1, 0.15) is 25.8 Å². The maximum atomic E-state index is 10.7. The molecule has 0 aromatic carbocycles. The number of thioether (sulfide) groups is 1. The van der Waals surface area contributed by atoms with E-state index in [4.69, 9.17) is 5.11 Å². The highest BCUT2D eigenvalue weighted by atomic mass is 32.2. The van der Waals surface area contributed by atoms with Crippen LogP contribution in [0.25, 0.3) is 10.7 Å². The Morgan fingerprint density at radius 2 is 2.35 bits per heavy atom. The summed E-state index contributed by atoms with van der Waals surface area (Å²) in [6, 6.07) is 4.42. The molecule has 0 bridgehead atoms. The fourth-order valence-electron chi connectivity index (χ4n) is 2.48. The van der Waals surface area contributed by atoms with E-state index in [1.165, 1.54) is 11.8 Å². The summed E-state index contributed by atoms with van der Waals surface area (Å²) in [4.78, 5) is 11.8. The van der Waals surface area contributed by atoms with Gasteiger partial charge in [0.15, 0.2) is 11.0 Å². The fourth-order valence-corrected chi connectivity index (χ4v) is 3.91. The Labute approximate surface area is 125 Å². The van der Waals surface area contributed by atoms with Gasteiger partial charge < -0.3 is 5.11 Å². The van der Waals surface area contributed by atoms with Crippen LogP contribution in [0, 0.1) is 5.92 Å². The lowest BCUT2D eigenvalue weighted by Gasteiger charge is -2.34. The number of carbonyl (C=O) groups is 1. The summed E-state index contributed by atoms with van der Waals surface area (Å²) < 4.78 is 2.12. The molecule has 5 nitrogen and oxygen atoms in total. The number of aliphatic carboxylic acids is 1. The Bertz CT molecular complexity index is 603. The van der Waals surface area contributed by atoms with Gasteiger partial charge in [0.2, 0.25) is 0 Å². The zero-order valence-corrected chi connectivity index (χ0v) is 12.7. The number of aromatic nitrogens is 3. The van der Waals surface area contributed by atoms with Crippen LogP contribution < -0.4 is 0 Å². The maximum absolute atomic E-state index is 10.7. The van der Waals surface area contributed by atoms with E-state index in [9.17, 15) is 4.79 Å². The van der Waals surface area contributed by atoms with Crippen LogP contribution in [0.2, 0.25) is 0 Å². The molecule has 2 aromatic rings. The van der Waals surface area contributed by atoms with Crippen LogP contribution in [0.15, 0.2) is 22.7 Å². The van der Waals surface area contributed by atoms with Gasteiger partial charge >= 0.3 is 5.97 Å². The topological polar surface area (TPSA) is 68.0 Å². The average Bonchev–Trinajstić information content (AvgIpc) is 3.01. The first kappa shape index (κ1) is 13.6. The second-order valence-corrected chi connectivity index (χ2v) is 6.96. The molecule has 0 spiro atoms. The highest BCUT2D eigenvalue weighted by Crippen LogP contribution is 2.42. The lowest BCUT2D eigenvalue weighted by molar-refractivity contribution is -0.133. The summed E-state index contributed by atoms with van der Waals surface area (Å²) in [5.41, 5.74) is 0. The quantitative estimate of drug-likeness (QED) is 0.859. The number of carboxylic acid groups (broad SMARTS) is 1. The van der Waals surface area contributed by atoms with E-state index in [2.05, 4.69) is 21.7 Å². The molecule has 2 aromatic heterocycles. The minimum absolute atomic E-state index is 0.0187. The van der Waals surface area contributed by atoms with Crippen molar-refractivity contribution < 1.29 is 9.90 Å². The summed E-state index contributed by atoms with van der Waals surface area (Å²) in [5.74, 6) is 0.773. The number of hydrogen-bond acceptors (Lipinski definition) is 5. The molecule has 0 radical (unpaired) electrons. The molecular weight excluding hydrogens is 294 g/mol. The number of hydrogen-bond donors (Lipinski definition) is 1. The van der Waals surface area contributed by atoms with E-state index in [1.807, 2.05) is 17.5 Å². The molecule has 2 heterocycles. The van der Waals surface area contributed by atoms with Gasteiger partial charge in [-0.2, -0.15) is 0 Å². The van der Waals surface area contributed by atoms with Crippen LogP contribution in [0.5, 0.6) is 0 Å². The molecular formula is C13H15N3O2S2. The molecule has 3 rings (SSSR count). The Morgan fingerprint density at radius 1 is 1.55 bits per heavy atom. The SMILES string of the molecule is CC1CC(n2c(SCC(=O)O)nnc2-c2cccs2)C1. The van der Waals surface area contributed by atoms with Gasteiger partial charge in [-0.1, -0.05) is 24.8 Å². The van der Waals surface area contributed by atoms with Crippen molar-refractivity contribution in [2.45, 2.75) is 31.0 Å². The van der Waals surface area contributed by atoms with Gasteiger partial charge in [0.05, 0.1) is 10.6 Å². The number of carboxylic acids is 1. The third-order valence-electron chi connectivity index (χ3n) is 3.44. The van der Waals surface area contributed by atoms with Crippen LogP contribution in [-0.2, 0) is 4.79 Å². The number of rotatable bonds is 5. The van der Waals surface area contributed by atoms with Gasteiger partial charge in [-0.25, -0.2) is 0 Å². The minimum Gasteiger partial charge on any atom is -0.481 e. The number of nitrogens with zero attached hydrogens (tertiary/aromatic N) is 3. The molecule has 7 heteroatoms. The highest BCUT2D eigenvalue weighted by Gasteiger charge is 2.31. The van der Waals surface area contributed by atoms with Crippen LogP contribution in [0.4, 0.5) is 0 Å². The molecule has 0 unspecified atom stereocenters. The molecule has 0 aliphatic heterocycles. The molecule has 0 saturated heterocycles. The molecule has 20 heavy (non-hydrogen) atoms. The maximum Gasteiger partial charge on any atom is 0.313 e. The first-order chi connectivity index (χ1) is 9.65. The Kier molecular flexibility index (Phi) is 3.80. The summed E-state index contributed by atoms with van der Waals surface area (Å²) in [6.07, 6.45) is 2.22. The van der Waals surface area contributed by atoms with Gasteiger partial charge in [-0.15, -0.1) is 21.5 Å². The standard InChI is InChI=1S/C13H15N3O2S2/c1-8-5-9(6-8)16-12(10-3-2-4-19-10)14-15-13(16)20-7-11(17)18/h2-4,8-9H,5-7H2,1H3,(H,17,18). The van der Waals surface area contributed by atoms with Crippen molar-refractivity contribution in [3.8, 4) is 10.7 Å². The lowest BCUT2D eigenvalue weighted by atomic mass is 9.81. The van der Waals surface area contributed by atoms with Gasteiger partial charge in [0.1, 0.15) is 0 Å². The van der Waals surface area contributed by atoms with E-state index in [-0.39, 0.29) is 5.75 Å². The summed E-state index contributed by atoms with van der Waals surface area (Å²) >= 11 is 2.88. The van der Waals surface area contributed by atoms with E-state index in [1.54, 1.807) is 11.3 Å². The van der Waals surface area contributed by atoms with Gasteiger partial charge in [0, 0.05) is 6.04 Å². The van der Waals surface area contributed by atoms with Gasteiger partial charge in [-0.3, -0.25) is 9.36 Å². The largest absolute Gasteiger partial charge is 0.481 e. The average molecular weight is 309 g/mol. The first-order valence-corrected chi connectivity index (χ1v) is 8.35. The smallest absolute Gasteiger partial charge is 0.313 e. The molecule has 0 atom stereocenters. The van der Waals surface area contributed by atoms with Gasteiger partial charge in [-0.05, 0) is 30.2 Å². The Morgan fingerprint density at radius 3 is 2.95 bits per heavy atom. The lowest BCUT2D eigenvalue weighted by Crippen LogP contribution is -2.26. The second kappa shape index (κ2) is 5.57. The van der Waals surface area contributed by atoms with Crippen molar-refractivity contribution in [1.82, 2.24) is 14.8 Å². The van der Waals surface area contributed by atoms with Crippen molar-refractivity contribution >= 4 is 29.1 Å². The van der Waals surface area contributed by atoms with E-state index >= 15 is 0 Å². The molecule has 0 amide bonds. The summed E-state index contributed by atoms with van der Waals surface area (Å²) in [7, 11) is 0. The predicted octanol–water partition coefficient (Wildman–Crippen LogP) is 3.15. The van der Waals surface area contributed by atoms with Crippen LogP contribution in [0.3, 0.4) is 0 Å². The predicted molar refractivity (Wildman–Crippen MR) is 79.1 cm³/mol. The van der Waals surface area contributed by atoms with E-state index in [0.717, 1.165) is 29.5 Å². The van der Waals surface area contributed by atoms with Crippen molar-refractivity contribution in [3.05, 3.63) is 17.5 Å². The summed E-state index contributed by atoms with van der Waals surface area (Å²) in [5, 5.41) is 20.0. The Balaban J connectivity index is 1.92. The number of thiophene rings is 1. The van der Waals surface area contributed by atoms with Crippen molar-refractivity contribution in [1.29, 1.82) is 0 Å². The molecule has 1 aliphatic carbocycles. The Hall–Kier alpha value is -1.34. The van der Waals surface area contributed by atoms with Crippen molar-refractivity contribution in [2.24, 2.45) is 5.92 Å². The second-order valence-electron chi connectivity index (χ2n) is 5.07. The minimum atomic E-state index is -0.829. The molecule has 1 saturated carbocycles. The van der Waals surface area contributed by atoms with Crippen molar-refractivity contribution in [2.75, 3.05) is 5.75 Å². The summed E-state index contributed by atoms with van der Waals surface area (Å²) in [6.45, 7) is 2.23. The fraction of sp³-hybridized carbons (Fsp3) is 0.462. The monoisotopic (exact) mass is 309 g/mol. The third-order valence-corrected chi connectivity index (χ3v) is 5.24. The first-order valence-electron chi connectivity index (χ1n) is 6.48. The zero-order chi connectivity index (χ0) is 14.1.